The average molecular weight is 896 g/mol. The van der Waals surface area contributed by atoms with Crippen molar-refractivity contribution in [2.75, 3.05) is 4.90 Å². The Morgan fingerprint density at radius 1 is 0.261 bits per heavy atom. The van der Waals surface area contributed by atoms with Gasteiger partial charge in [0, 0.05) is 37.2 Å². The van der Waals surface area contributed by atoms with Crippen molar-refractivity contribution >= 4 is 48.6 Å². The Labute approximate surface area is 407 Å². The highest BCUT2D eigenvalue weighted by Crippen LogP contribution is 2.56. The molecule has 1 aromatic heterocycles. The van der Waals surface area contributed by atoms with Crippen molar-refractivity contribution in [3.63, 3.8) is 0 Å². The van der Waals surface area contributed by atoms with Crippen molar-refractivity contribution in [2.45, 2.75) is 5.41 Å². The quantitative estimate of drug-likeness (QED) is 0.140. The SMILES string of the molecule is c1ccc(-c2ccc(-c3ccc(N(c4ccc(-c5cccc(-c6ccc7sc8ccccc8c7c6)c5)cc4)c4ccc(C5(c6ccccc6)c6ccccc6-c6ccccc65)cc4)cc3)cc2)cc1. The van der Waals surface area contributed by atoms with Crippen molar-refractivity contribution in [3.05, 3.63) is 295 Å². The summed E-state index contributed by atoms with van der Waals surface area (Å²) in [6.07, 6.45) is 0. The Hall–Kier alpha value is -8.56. The van der Waals surface area contributed by atoms with Gasteiger partial charge in [0.05, 0.1) is 5.41 Å². The highest BCUT2D eigenvalue weighted by molar-refractivity contribution is 7.25. The van der Waals surface area contributed by atoms with Gasteiger partial charge in [-0.05, 0) is 139 Å². The first-order valence-electron chi connectivity index (χ1n) is 23.7. The van der Waals surface area contributed by atoms with Gasteiger partial charge in [0.15, 0.2) is 0 Å². The van der Waals surface area contributed by atoms with Crippen LogP contribution in [0.5, 0.6) is 0 Å². The fourth-order valence-electron chi connectivity index (χ4n) is 10.9. The lowest BCUT2D eigenvalue weighted by atomic mass is 9.68. The van der Waals surface area contributed by atoms with Crippen LogP contribution in [0.25, 0.3) is 75.8 Å². The topological polar surface area (TPSA) is 3.24 Å². The highest BCUT2D eigenvalue weighted by atomic mass is 32.1. The van der Waals surface area contributed by atoms with Crippen LogP contribution in [0.2, 0.25) is 0 Å². The number of thiophene rings is 1. The van der Waals surface area contributed by atoms with E-state index in [2.05, 4.69) is 278 Å². The van der Waals surface area contributed by atoms with Gasteiger partial charge < -0.3 is 4.90 Å². The van der Waals surface area contributed by atoms with Crippen LogP contribution < -0.4 is 4.90 Å². The molecule has 0 saturated carbocycles. The van der Waals surface area contributed by atoms with Crippen molar-refractivity contribution in [1.29, 1.82) is 0 Å². The normalized spacial score (nSPS) is 12.5. The molecule has 13 rings (SSSR count). The van der Waals surface area contributed by atoms with E-state index in [1.165, 1.54) is 98.1 Å². The molecule has 0 amide bonds. The Morgan fingerprint density at radius 2 is 0.652 bits per heavy atom. The lowest BCUT2D eigenvalue weighted by molar-refractivity contribution is 0.768. The third-order valence-electron chi connectivity index (χ3n) is 14.2. The summed E-state index contributed by atoms with van der Waals surface area (Å²) >= 11 is 1.86. The first kappa shape index (κ1) is 40.7. The number of anilines is 3. The number of benzene rings is 11. The molecule has 0 unspecified atom stereocenters. The van der Waals surface area contributed by atoms with E-state index in [0.717, 1.165) is 17.1 Å². The monoisotopic (exact) mass is 895 g/mol. The fourth-order valence-corrected chi connectivity index (χ4v) is 12.0. The molecule has 1 aliphatic rings. The molecule has 0 aliphatic heterocycles. The van der Waals surface area contributed by atoms with Gasteiger partial charge in [-0.3, -0.25) is 0 Å². The predicted octanol–water partition coefficient (Wildman–Crippen LogP) is 18.6. The Morgan fingerprint density at radius 3 is 1.26 bits per heavy atom. The van der Waals surface area contributed by atoms with Gasteiger partial charge in [0.25, 0.3) is 0 Å². The van der Waals surface area contributed by atoms with Gasteiger partial charge in [-0.15, -0.1) is 11.3 Å². The molecule has 2 heteroatoms. The van der Waals surface area contributed by atoms with Gasteiger partial charge in [0.1, 0.15) is 0 Å². The van der Waals surface area contributed by atoms with Crippen LogP contribution in [0.3, 0.4) is 0 Å². The maximum Gasteiger partial charge on any atom is 0.0713 e. The molecule has 12 aromatic rings. The third-order valence-corrected chi connectivity index (χ3v) is 15.4. The summed E-state index contributed by atoms with van der Waals surface area (Å²) in [6, 6.07) is 100. The molecule has 0 saturated heterocycles. The Kier molecular flexibility index (Phi) is 10.00. The van der Waals surface area contributed by atoms with Crippen molar-refractivity contribution < 1.29 is 0 Å². The molecule has 11 aromatic carbocycles. The van der Waals surface area contributed by atoms with Gasteiger partial charge in [-0.1, -0.05) is 212 Å². The second kappa shape index (κ2) is 16.9. The fraction of sp³-hybridized carbons (Fsp3) is 0.0149. The van der Waals surface area contributed by atoms with Crippen molar-refractivity contribution in [3.8, 4) is 55.6 Å². The van der Waals surface area contributed by atoms with Crippen LogP contribution >= 0.6 is 11.3 Å². The Bertz CT molecular complexity index is 3750. The van der Waals surface area contributed by atoms with E-state index in [0.29, 0.717) is 0 Å². The first-order valence-corrected chi connectivity index (χ1v) is 24.5. The van der Waals surface area contributed by atoms with Crippen LogP contribution in [0.4, 0.5) is 17.1 Å². The predicted molar refractivity (Wildman–Crippen MR) is 293 cm³/mol. The van der Waals surface area contributed by atoms with E-state index in [4.69, 9.17) is 0 Å². The molecule has 69 heavy (non-hydrogen) atoms. The number of rotatable bonds is 9. The van der Waals surface area contributed by atoms with Crippen LogP contribution in [0.1, 0.15) is 22.3 Å². The second-order valence-electron chi connectivity index (χ2n) is 18.0. The minimum absolute atomic E-state index is 0.463. The maximum absolute atomic E-state index is 2.39. The first-order chi connectivity index (χ1) is 34.2. The summed E-state index contributed by atoms with van der Waals surface area (Å²) in [4.78, 5) is 2.39. The molecule has 0 bridgehead atoms. The molecule has 1 heterocycles. The molecular formula is C67H45NS. The lowest BCUT2D eigenvalue weighted by Gasteiger charge is -2.34. The summed E-state index contributed by atoms with van der Waals surface area (Å²) in [5, 5.41) is 2.64. The smallest absolute Gasteiger partial charge is 0.0713 e. The molecule has 324 valence electrons. The minimum atomic E-state index is -0.463. The number of nitrogens with zero attached hydrogens (tertiary/aromatic N) is 1. The van der Waals surface area contributed by atoms with Crippen molar-refractivity contribution in [1.82, 2.24) is 0 Å². The zero-order valence-corrected chi connectivity index (χ0v) is 38.7. The molecule has 1 aliphatic carbocycles. The summed E-state index contributed by atoms with van der Waals surface area (Å²) < 4.78 is 2.65. The van der Waals surface area contributed by atoms with E-state index in [1.807, 2.05) is 11.3 Å². The minimum Gasteiger partial charge on any atom is -0.311 e. The zero-order valence-electron chi connectivity index (χ0n) is 37.8. The summed E-state index contributed by atoms with van der Waals surface area (Å²) in [6.45, 7) is 0. The summed E-state index contributed by atoms with van der Waals surface area (Å²) in [7, 11) is 0. The van der Waals surface area contributed by atoms with Crippen molar-refractivity contribution in [2.24, 2.45) is 0 Å². The molecule has 0 spiro atoms. The molecule has 0 radical (unpaired) electrons. The van der Waals surface area contributed by atoms with E-state index in [-0.39, 0.29) is 0 Å². The molecular weight excluding hydrogens is 851 g/mol. The largest absolute Gasteiger partial charge is 0.311 e. The number of fused-ring (bicyclic) bond motifs is 6. The van der Waals surface area contributed by atoms with Crippen LogP contribution in [-0.2, 0) is 5.41 Å². The van der Waals surface area contributed by atoms with E-state index in [1.54, 1.807) is 0 Å². The maximum atomic E-state index is 2.39. The van der Waals surface area contributed by atoms with Gasteiger partial charge in [0.2, 0.25) is 0 Å². The third kappa shape index (κ3) is 7.00. The van der Waals surface area contributed by atoms with Gasteiger partial charge >= 0.3 is 0 Å². The average Bonchev–Trinajstić information content (AvgIpc) is 3.96. The summed E-state index contributed by atoms with van der Waals surface area (Å²) in [5.74, 6) is 0. The zero-order chi connectivity index (χ0) is 45.7. The van der Waals surface area contributed by atoms with Crippen LogP contribution in [-0.4, -0.2) is 0 Å². The number of hydrogen-bond acceptors (Lipinski definition) is 2. The van der Waals surface area contributed by atoms with Gasteiger partial charge in [-0.2, -0.15) is 0 Å². The van der Waals surface area contributed by atoms with E-state index in [9.17, 15) is 0 Å². The van der Waals surface area contributed by atoms with E-state index >= 15 is 0 Å². The Balaban J connectivity index is 0.886. The molecule has 0 fully saturated rings. The highest BCUT2D eigenvalue weighted by Gasteiger charge is 2.45. The van der Waals surface area contributed by atoms with E-state index < -0.39 is 5.41 Å². The van der Waals surface area contributed by atoms with Crippen LogP contribution in [0, 0.1) is 0 Å². The standard InChI is InChI=1S/C67H45NS/c1-3-14-46(15-4-1)47-26-28-48(29-27-47)49-30-37-56(38-31-49)68(57-39-32-50(33-40-57)51-16-13-17-52(44-51)53-34-43-66-62(45-53)61-22-9-12-25-65(61)69-66)58-41-35-55(36-42-58)67(54-18-5-2-6-19-54)63-23-10-7-20-59(63)60-21-8-11-24-64(60)67/h1-45H. The van der Waals surface area contributed by atoms with Gasteiger partial charge in [-0.25, -0.2) is 0 Å². The molecule has 0 atom stereocenters. The molecule has 1 nitrogen and oxygen atoms in total. The number of hydrogen-bond donors (Lipinski definition) is 0. The second-order valence-corrected chi connectivity index (χ2v) is 19.1. The van der Waals surface area contributed by atoms with Crippen LogP contribution in [0.15, 0.2) is 273 Å². The summed E-state index contributed by atoms with van der Waals surface area (Å²) in [5.41, 5.74) is 20.1. The molecule has 0 N–H and O–H groups in total. The lowest BCUT2D eigenvalue weighted by Crippen LogP contribution is -2.28.